The topological polar surface area (TPSA) is 143 Å². The Balaban J connectivity index is 1.72. The van der Waals surface area contributed by atoms with Gasteiger partial charge >= 0.3 is 11.9 Å². The minimum absolute atomic E-state index is 0.124. The molecule has 182 valence electrons. The summed E-state index contributed by atoms with van der Waals surface area (Å²) in [7, 11) is 0. The van der Waals surface area contributed by atoms with E-state index in [2.05, 4.69) is 15.5 Å². The smallest absolute Gasteiger partial charge is 0.355 e. The molecule has 11 nitrogen and oxygen atoms in total. The molecule has 1 amide bonds. The van der Waals surface area contributed by atoms with Crippen LogP contribution in [0.5, 0.6) is 0 Å². The van der Waals surface area contributed by atoms with Crippen molar-refractivity contribution < 1.29 is 23.9 Å². The predicted molar refractivity (Wildman–Crippen MR) is 123 cm³/mol. The third-order valence-corrected chi connectivity index (χ3v) is 6.91. The molecule has 1 unspecified atom stereocenters. The van der Waals surface area contributed by atoms with Crippen molar-refractivity contribution in [1.29, 1.82) is 0 Å². The zero-order valence-corrected chi connectivity index (χ0v) is 21.3. The number of hydrogen-bond acceptors (Lipinski definition) is 11. The number of ether oxygens (including phenoxy) is 2. The van der Waals surface area contributed by atoms with Gasteiger partial charge in [-0.2, -0.15) is 0 Å². The third-order valence-electron chi connectivity index (χ3n) is 4.50. The number of aromatic nitrogens is 4. The van der Waals surface area contributed by atoms with E-state index >= 15 is 0 Å². The number of nitrogens with two attached hydrogens (primary N) is 1. The van der Waals surface area contributed by atoms with Crippen LogP contribution >= 0.6 is 23.5 Å². The lowest BCUT2D eigenvalue weighted by Gasteiger charge is -2.48. The second-order valence-corrected chi connectivity index (χ2v) is 11.7. The molecule has 0 saturated carbocycles. The van der Waals surface area contributed by atoms with E-state index in [1.165, 1.54) is 33.1 Å². The minimum atomic E-state index is -0.704. The molecule has 0 spiro atoms. The molecule has 33 heavy (non-hydrogen) atoms. The van der Waals surface area contributed by atoms with Crippen LogP contribution in [0.15, 0.2) is 16.4 Å². The molecule has 0 aliphatic carbocycles. The maximum atomic E-state index is 13.0. The molecule has 2 aliphatic rings. The van der Waals surface area contributed by atoms with Crippen molar-refractivity contribution in [2.45, 2.75) is 82.3 Å². The van der Waals surface area contributed by atoms with E-state index in [1.807, 2.05) is 20.8 Å². The molecule has 1 saturated heterocycles. The van der Waals surface area contributed by atoms with E-state index in [-0.39, 0.29) is 35.9 Å². The number of amides is 1. The van der Waals surface area contributed by atoms with Crippen molar-refractivity contribution in [2.24, 2.45) is 5.73 Å². The van der Waals surface area contributed by atoms with Crippen LogP contribution < -0.4 is 5.73 Å². The van der Waals surface area contributed by atoms with E-state index < -0.39 is 23.2 Å². The van der Waals surface area contributed by atoms with Gasteiger partial charge < -0.3 is 15.2 Å². The Kier molecular flexibility index (Phi) is 7.44. The van der Waals surface area contributed by atoms with Crippen LogP contribution in [-0.4, -0.2) is 77.1 Å². The molecule has 1 aromatic rings. The fraction of sp³-hybridized carbons (Fsp3) is 0.700. The monoisotopic (exact) mass is 498 g/mol. The number of carbonyl (C=O) groups is 3. The first kappa shape index (κ1) is 25.5. The molecule has 13 heteroatoms. The summed E-state index contributed by atoms with van der Waals surface area (Å²) in [6.07, 6.45) is 0.124. The Morgan fingerprint density at radius 3 is 2.48 bits per heavy atom. The fourth-order valence-corrected chi connectivity index (χ4v) is 5.52. The van der Waals surface area contributed by atoms with Crippen LogP contribution in [0, 0.1) is 0 Å². The van der Waals surface area contributed by atoms with Crippen LogP contribution in [0.1, 0.15) is 48.0 Å². The first-order valence-electron chi connectivity index (χ1n) is 10.5. The molecular formula is C20H30N6O5S2. The van der Waals surface area contributed by atoms with Crippen molar-refractivity contribution >= 4 is 41.4 Å². The predicted octanol–water partition coefficient (Wildman–Crippen LogP) is 1.34. The number of rotatable bonds is 7. The van der Waals surface area contributed by atoms with E-state index in [0.29, 0.717) is 16.7 Å². The number of β-lactam (4-membered cyclic amide) rings is 1. The lowest BCUT2D eigenvalue weighted by Crippen LogP contribution is -2.68. The molecule has 2 aliphatic heterocycles. The average Bonchev–Trinajstić information content (AvgIpc) is 3.14. The van der Waals surface area contributed by atoms with Gasteiger partial charge in [0.25, 0.3) is 0 Å². The molecule has 1 aromatic heterocycles. The Hall–Kier alpha value is -2.12. The van der Waals surface area contributed by atoms with Crippen LogP contribution in [-0.2, 0) is 30.4 Å². The highest BCUT2D eigenvalue weighted by Crippen LogP contribution is 2.41. The maximum absolute atomic E-state index is 13.0. The van der Waals surface area contributed by atoms with Gasteiger partial charge in [-0.1, -0.05) is 11.8 Å². The highest BCUT2D eigenvalue weighted by molar-refractivity contribution is 8.01. The van der Waals surface area contributed by atoms with Crippen molar-refractivity contribution in [3.63, 3.8) is 0 Å². The van der Waals surface area contributed by atoms with E-state index in [1.54, 1.807) is 20.8 Å². The largest absolute Gasteiger partial charge is 0.460 e. The van der Waals surface area contributed by atoms with Gasteiger partial charge in [-0.25, -0.2) is 9.48 Å². The van der Waals surface area contributed by atoms with Crippen LogP contribution in [0.4, 0.5) is 0 Å². The standard InChI is InChI=1S/C20H30N6O5S2/c1-19(2,3)30-12(27)7-8-25-18(22-23-24-25)33-10-11-9-32-16-13(21)15(28)26(16)14(11)17(29)31-20(4,5)6/h13,16H,7-10,21H2,1-6H3/t13?,16-/m1/s1. The number of aryl methyl sites for hydroxylation is 1. The minimum Gasteiger partial charge on any atom is -0.460 e. The molecule has 2 atom stereocenters. The third kappa shape index (κ3) is 6.27. The van der Waals surface area contributed by atoms with Gasteiger partial charge in [0.1, 0.15) is 28.3 Å². The molecule has 1 fully saturated rings. The fourth-order valence-electron chi connectivity index (χ4n) is 3.19. The zero-order valence-electron chi connectivity index (χ0n) is 19.7. The average molecular weight is 499 g/mol. The second-order valence-electron chi connectivity index (χ2n) is 9.70. The Bertz CT molecular complexity index is 965. The number of fused-ring (bicyclic) bond motifs is 1. The second kappa shape index (κ2) is 9.63. The summed E-state index contributed by atoms with van der Waals surface area (Å²) in [5, 5.41) is 11.9. The molecule has 3 heterocycles. The summed E-state index contributed by atoms with van der Waals surface area (Å²) >= 11 is 2.83. The summed E-state index contributed by atoms with van der Waals surface area (Å²) in [6, 6.07) is -0.623. The molecule has 0 radical (unpaired) electrons. The summed E-state index contributed by atoms with van der Waals surface area (Å²) in [4.78, 5) is 38.8. The first-order chi connectivity index (χ1) is 15.3. The summed E-state index contributed by atoms with van der Waals surface area (Å²) in [5.41, 5.74) is 5.65. The highest BCUT2D eigenvalue weighted by atomic mass is 32.2. The highest BCUT2D eigenvalue weighted by Gasteiger charge is 2.52. The molecule has 2 N–H and O–H groups in total. The van der Waals surface area contributed by atoms with Gasteiger partial charge in [0.05, 0.1) is 13.0 Å². The van der Waals surface area contributed by atoms with Gasteiger partial charge in [0.15, 0.2) is 0 Å². The molecule has 0 bridgehead atoms. The lowest BCUT2D eigenvalue weighted by molar-refractivity contribution is -0.158. The van der Waals surface area contributed by atoms with Crippen molar-refractivity contribution in [2.75, 3.05) is 11.5 Å². The number of thioether (sulfide) groups is 2. The lowest BCUT2D eigenvalue weighted by atomic mass is 10.0. The van der Waals surface area contributed by atoms with Gasteiger partial charge in [-0.15, -0.1) is 16.9 Å². The Labute approximate surface area is 201 Å². The zero-order chi connectivity index (χ0) is 24.6. The number of hydrogen-bond donors (Lipinski definition) is 1. The van der Waals surface area contributed by atoms with Crippen LogP contribution in [0.3, 0.4) is 0 Å². The SMILES string of the molecule is CC(C)(C)OC(=O)CCn1nnnc1SCC1=C(C(=O)OC(C)(C)C)N2C(=O)C(N)[C@H]2SC1. The number of esters is 2. The quantitative estimate of drug-likeness (QED) is 0.330. The van der Waals surface area contributed by atoms with Crippen molar-refractivity contribution in [1.82, 2.24) is 25.1 Å². The van der Waals surface area contributed by atoms with E-state index in [9.17, 15) is 14.4 Å². The Morgan fingerprint density at radius 2 is 1.85 bits per heavy atom. The maximum Gasteiger partial charge on any atom is 0.355 e. The molecule has 0 aromatic carbocycles. The van der Waals surface area contributed by atoms with Crippen molar-refractivity contribution in [3.05, 3.63) is 11.3 Å². The van der Waals surface area contributed by atoms with Gasteiger partial charge in [0.2, 0.25) is 11.1 Å². The van der Waals surface area contributed by atoms with Crippen LogP contribution in [0.25, 0.3) is 0 Å². The normalized spacial score (nSPS) is 20.9. The summed E-state index contributed by atoms with van der Waals surface area (Å²) in [5.74, 6) is -0.277. The first-order valence-corrected chi connectivity index (χ1v) is 12.6. The van der Waals surface area contributed by atoms with Gasteiger partial charge in [-0.3, -0.25) is 14.5 Å². The van der Waals surface area contributed by atoms with Crippen molar-refractivity contribution in [3.8, 4) is 0 Å². The summed E-state index contributed by atoms with van der Waals surface area (Å²) in [6.45, 7) is 11.0. The number of nitrogens with zero attached hydrogens (tertiary/aromatic N) is 5. The van der Waals surface area contributed by atoms with Gasteiger partial charge in [0, 0.05) is 11.5 Å². The van der Waals surface area contributed by atoms with Gasteiger partial charge in [-0.05, 0) is 57.5 Å². The van der Waals surface area contributed by atoms with E-state index in [0.717, 1.165) is 5.57 Å². The molecular weight excluding hydrogens is 468 g/mol. The number of tetrazole rings is 1. The van der Waals surface area contributed by atoms with E-state index in [4.69, 9.17) is 15.2 Å². The molecule has 3 rings (SSSR count). The van der Waals surface area contributed by atoms with Crippen LogP contribution in [0.2, 0.25) is 0 Å². The summed E-state index contributed by atoms with van der Waals surface area (Å²) < 4.78 is 12.4. The number of carbonyl (C=O) groups excluding carboxylic acids is 3. The Morgan fingerprint density at radius 1 is 1.18 bits per heavy atom.